The van der Waals surface area contributed by atoms with Gasteiger partial charge in [0.15, 0.2) is 0 Å². The first kappa shape index (κ1) is 28.5. The van der Waals surface area contributed by atoms with Crippen molar-refractivity contribution >= 4 is 17.3 Å². The number of para-hydroxylation sites is 1. The molecule has 0 spiro atoms. The van der Waals surface area contributed by atoms with E-state index in [-0.39, 0.29) is 5.69 Å². The number of H-pyrrole nitrogens is 1. The number of benzene rings is 2. The molecule has 214 valence electrons. The van der Waals surface area contributed by atoms with E-state index < -0.39 is 52.5 Å². The van der Waals surface area contributed by atoms with E-state index in [4.69, 9.17) is 11.6 Å². The van der Waals surface area contributed by atoms with Crippen LogP contribution in [0.15, 0.2) is 65.1 Å². The molecule has 1 aromatic heterocycles. The fraction of sp³-hybridized carbons (Fsp3) is 0.433. The fourth-order valence-electron chi connectivity index (χ4n) is 6.05. The van der Waals surface area contributed by atoms with Gasteiger partial charge >= 0.3 is 6.18 Å². The van der Waals surface area contributed by atoms with Crippen LogP contribution in [0.1, 0.15) is 62.8 Å². The minimum absolute atomic E-state index is 0.180. The Kier molecular flexibility index (Phi) is 7.44. The molecule has 2 aliphatic rings. The Labute approximate surface area is 235 Å². The molecule has 40 heavy (non-hydrogen) atoms. The van der Waals surface area contributed by atoms with E-state index >= 15 is 0 Å². The Morgan fingerprint density at radius 2 is 1.75 bits per heavy atom. The Bertz CT molecular complexity index is 1470. The van der Waals surface area contributed by atoms with Gasteiger partial charge in [0, 0.05) is 28.4 Å². The van der Waals surface area contributed by atoms with E-state index in [1.807, 2.05) is 26.0 Å². The molecule has 6 nitrogen and oxygen atoms in total. The lowest BCUT2D eigenvalue weighted by molar-refractivity contribution is -0.543. The summed E-state index contributed by atoms with van der Waals surface area (Å²) in [6, 6.07) is 13.3. The molecular weight excluding hydrogens is 543 g/mol. The molecule has 3 aromatic rings. The van der Waals surface area contributed by atoms with Crippen LogP contribution in [-0.4, -0.2) is 28.5 Å². The van der Waals surface area contributed by atoms with Crippen LogP contribution in [0, 0.1) is 5.92 Å². The molecule has 1 saturated carbocycles. The number of halogens is 4. The van der Waals surface area contributed by atoms with Crippen LogP contribution in [0.2, 0.25) is 5.02 Å². The van der Waals surface area contributed by atoms with Crippen molar-refractivity contribution in [2.75, 3.05) is 11.4 Å². The molecule has 1 aliphatic carbocycles. The lowest BCUT2D eigenvalue weighted by Gasteiger charge is -2.60. The fourth-order valence-corrected chi connectivity index (χ4v) is 6.22. The maximum atomic E-state index is 14.0. The third-order valence-electron chi connectivity index (χ3n) is 8.21. The third-order valence-corrected chi connectivity index (χ3v) is 8.45. The van der Waals surface area contributed by atoms with Crippen molar-refractivity contribution in [3.63, 3.8) is 0 Å². The summed E-state index contributed by atoms with van der Waals surface area (Å²) in [5.41, 5.74) is -0.900. The molecule has 0 bridgehead atoms. The molecule has 2 aromatic carbocycles. The summed E-state index contributed by atoms with van der Waals surface area (Å²) >= 11 is 6.30. The molecule has 2 unspecified atom stereocenters. The Morgan fingerprint density at radius 3 is 2.38 bits per heavy atom. The Morgan fingerprint density at radius 1 is 1.07 bits per heavy atom. The standard InChI is InChI=1S/C30H31ClF3N3O3/c1-4-5-9-14-36-21-13-12-17(31)15-20(21)29(2,3)22(36)16-19-25(38)23(26(19)39)24-27(30(32,33)34)35-37(28(24)40)18-10-7-6-8-11-18/h6-8,10-13,15-16,19,23,25-26,35H,4-5,9,14H2,1-3H3/q-2. The number of nitrogens with one attached hydrogen (secondary N) is 1. The molecule has 2 heterocycles. The number of unbranched alkanes of at least 4 members (excludes halogenated alkanes) is 2. The van der Waals surface area contributed by atoms with Crippen LogP contribution in [0.25, 0.3) is 5.69 Å². The lowest BCUT2D eigenvalue weighted by atomic mass is 9.64. The van der Waals surface area contributed by atoms with Gasteiger partial charge in [0.1, 0.15) is 5.69 Å². The molecule has 1 aliphatic heterocycles. The Balaban J connectivity index is 1.53. The van der Waals surface area contributed by atoms with Gasteiger partial charge in [0.05, 0.1) is 11.3 Å². The summed E-state index contributed by atoms with van der Waals surface area (Å²) in [5.74, 6) is -2.71. The van der Waals surface area contributed by atoms with Crippen molar-refractivity contribution in [3.05, 3.63) is 92.5 Å². The molecule has 0 saturated heterocycles. The SMILES string of the molecule is CCCCCN1C(=CC2C([O-])C(c3c(C(F)(F)F)[nH]n(-c4ccccc4)c3=O)C2[O-])C(C)(C)c2cc(Cl)ccc21. The van der Waals surface area contributed by atoms with Gasteiger partial charge in [0.25, 0.3) is 5.56 Å². The number of rotatable bonds is 7. The van der Waals surface area contributed by atoms with Crippen LogP contribution in [0.5, 0.6) is 0 Å². The summed E-state index contributed by atoms with van der Waals surface area (Å²) in [7, 11) is 0. The number of allylic oxidation sites excluding steroid dienone is 1. The summed E-state index contributed by atoms with van der Waals surface area (Å²) < 4.78 is 42.8. The number of aromatic amines is 1. The number of fused-ring (bicyclic) bond motifs is 1. The van der Waals surface area contributed by atoms with E-state index in [0.717, 1.165) is 40.9 Å². The highest BCUT2D eigenvalue weighted by atomic mass is 35.5. The van der Waals surface area contributed by atoms with Crippen LogP contribution < -0.4 is 20.7 Å². The minimum Gasteiger partial charge on any atom is -0.851 e. The monoisotopic (exact) mass is 573 g/mol. The largest absolute Gasteiger partial charge is 0.851 e. The quantitative estimate of drug-likeness (QED) is 0.408. The summed E-state index contributed by atoms with van der Waals surface area (Å²) in [6.07, 6.45) is -3.82. The predicted molar refractivity (Wildman–Crippen MR) is 145 cm³/mol. The summed E-state index contributed by atoms with van der Waals surface area (Å²) in [6.45, 7) is 6.73. The van der Waals surface area contributed by atoms with E-state index in [1.54, 1.807) is 30.3 Å². The van der Waals surface area contributed by atoms with Crippen molar-refractivity contribution < 1.29 is 23.4 Å². The molecule has 0 amide bonds. The second kappa shape index (κ2) is 10.4. The maximum Gasteiger partial charge on any atom is 0.433 e. The van der Waals surface area contributed by atoms with Gasteiger partial charge in [-0.3, -0.25) is 9.89 Å². The number of alkyl halides is 3. The van der Waals surface area contributed by atoms with Gasteiger partial charge in [-0.05, 0) is 54.2 Å². The number of aromatic nitrogens is 2. The first-order valence-electron chi connectivity index (χ1n) is 13.5. The second-order valence-corrected chi connectivity index (χ2v) is 11.5. The maximum absolute atomic E-state index is 14.0. The Hall–Kier alpha value is -3.01. The van der Waals surface area contributed by atoms with Crippen molar-refractivity contribution in [2.24, 2.45) is 5.92 Å². The zero-order valence-corrected chi connectivity index (χ0v) is 23.2. The van der Waals surface area contributed by atoms with Crippen LogP contribution in [0.4, 0.5) is 18.9 Å². The lowest BCUT2D eigenvalue weighted by Crippen LogP contribution is -2.65. The normalized spacial score (nSPS) is 24.8. The zero-order valence-electron chi connectivity index (χ0n) is 22.5. The van der Waals surface area contributed by atoms with Gasteiger partial charge in [-0.1, -0.05) is 69.5 Å². The van der Waals surface area contributed by atoms with Crippen LogP contribution >= 0.6 is 11.6 Å². The van der Waals surface area contributed by atoms with E-state index in [9.17, 15) is 28.2 Å². The number of hydrogen-bond acceptors (Lipinski definition) is 4. The average Bonchev–Trinajstić information content (AvgIpc) is 3.34. The topological polar surface area (TPSA) is 87.2 Å². The summed E-state index contributed by atoms with van der Waals surface area (Å²) in [5, 5.41) is 29.7. The first-order chi connectivity index (χ1) is 18.9. The molecule has 1 N–H and O–H groups in total. The number of anilines is 1. The van der Waals surface area contributed by atoms with E-state index in [1.165, 1.54) is 12.1 Å². The first-order valence-corrected chi connectivity index (χ1v) is 13.8. The number of nitrogens with zero attached hydrogens (tertiary/aromatic N) is 2. The number of hydrogen-bond donors (Lipinski definition) is 1. The van der Waals surface area contributed by atoms with Gasteiger partial charge < -0.3 is 15.1 Å². The van der Waals surface area contributed by atoms with Gasteiger partial charge in [-0.25, -0.2) is 4.68 Å². The average molecular weight is 574 g/mol. The van der Waals surface area contributed by atoms with Crippen molar-refractivity contribution in [3.8, 4) is 5.69 Å². The van der Waals surface area contributed by atoms with Crippen molar-refractivity contribution in [1.29, 1.82) is 0 Å². The second-order valence-electron chi connectivity index (χ2n) is 11.1. The molecule has 2 atom stereocenters. The highest BCUT2D eigenvalue weighted by Crippen LogP contribution is 2.51. The van der Waals surface area contributed by atoms with E-state index in [2.05, 4.69) is 16.9 Å². The predicted octanol–water partition coefficient (Wildman–Crippen LogP) is 4.88. The highest BCUT2D eigenvalue weighted by molar-refractivity contribution is 6.30. The van der Waals surface area contributed by atoms with Crippen molar-refractivity contribution in [2.45, 2.75) is 69.8 Å². The smallest absolute Gasteiger partial charge is 0.433 e. The van der Waals surface area contributed by atoms with Crippen LogP contribution in [-0.2, 0) is 11.6 Å². The minimum atomic E-state index is -4.94. The van der Waals surface area contributed by atoms with Gasteiger partial charge in [-0.15, -0.1) is 12.2 Å². The van der Waals surface area contributed by atoms with Gasteiger partial charge in [0.2, 0.25) is 0 Å². The highest BCUT2D eigenvalue weighted by Gasteiger charge is 2.48. The molecule has 10 heteroatoms. The molecule has 1 fully saturated rings. The van der Waals surface area contributed by atoms with E-state index in [0.29, 0.717) is 11.6 Å². The zero-order chi connectivity index (χ0) is 29.0. The third kappa shape index (κ3) is 4.67. The van der Waals surface area contributed by atoms with Crippen molar-refractivity contribution in [1.82, 2.24) is 9.78 Å². The van der Waals surface area contributed by atoms with Crippen LogP contribution in [0.3, 0.4) is 0 Å². The molecule has 5 rings (SSSR count). The molecular formula is C30H31ClF3N3O3-2. The summed E-state index contributed by atoms with van der Waals surface area (Å²) in [4.78, 5) is 15.3. The molecule has 0 radical (unpaired) electrons. The van der Waals surface area contributed by atoms with Gasteiger partial charge in [-0.2, -0.15) is 13.2 Å².